The molecule has 2 aromatic heterocycles. The molecule has 2 heterocycles. The average molecular weight is 558 g/mol. The van der Waals surface area contributed by atoms with Crippen LogP contribution in [0.5, 0.6) is 0 Å². The Labute approximate surface area is 227 Å². The highest BCUT2D eigenvalue weighted by molar-refractivity contribution is 5.95. The van der Waals surface area contributed by atoms with Gasteiger partial charge >= 0.3 is 11.9 Å². The fourth-order valence-electron chi connectivity index (χ4n) is 4.00. The smallest absolute Gasteiger partial charge is 0.326 e. The monoisotopic (exact) mass is 557 g/mol. The van der Waals surface area contributed by atoms with Gasteiger partial charge in [-0.3, -0.25) is 19.2 Å². The van der Waals surface area contributed by atoms with Crippen molar-refractivity contribution in [1.82, 2.24) is 30.9 Å². The molecule has 0 radical (unpaired) electrons. The Morgan fingerprint density at radius 1 is 0.900 bits per heavy atom. The van der Waals surface area contributed by atoms with Crippen LogP contribution in [0.15, 0.2) is 43.0 Å². The molecule has 214 valence electrons. The van der Waals surface area contributed by atoms with Gasteiger partial charge in [-0.2, -0.15) is 0 Å². The van der Waals surface area contributed by atoms with E-state index in [2.05, 4.69) is 30.9 Å². The summed E-state index contributed by atoms with van der Waals surface area (Å²) in [6.45, 7) is -0.813. The molecule has 15 nitrogen and oxygen atoms in total. The summed E-state index contributed by atoms with van der Waals surface area (Å²) >= 11 is 0. The molecule has 3 amide bonds. The third-order valence-corrected chi connectivity index (χ3v) is 6.14. The second-order valence-electron chi connectivity index (χ2n) is 9.09. The van der Waals surface area contributed by atoms with E-state index in [0.717, 1.165) is 10.9 Å². The van der Waals surface area contributed by atoms with Crippen LogP contribution in [0.1, 0.15) is 24.1 Å². The molecule has 1 aromatic carbocycles. The van der Waals surface area contributed by atoms with E-state index in [1.165, 1.54) is 12.5 Å². The van der Waals surface area contributed by atoms with Crippen LogP contribution in [-0.4, -0.2) is 90.7 Å². The number of carboxylic acids is 2. The van der Waals surface area contributed by atoms with Gasteiger partial charge in [-0.15, -0.1) is 0 Å². The lowest BCUT2D eigenvalue weighted by molar-refractivity contribution is -0.143. The molecule has 3 rings (SSSR count). The number of amides is 3. The Morgan fingerprint density at radius 3 is 2.23 bits per heavy atom. The van der Waals surface area contributed by atoms with E-state index in [-0.39, 0.29) is 19.3 Å². The highest BCUT2D eigenvalue weighted by Gasteiger charge is 2.31. The van der Waals surface area contributed by atoms with Gasteiger partial charge < -0.3 is 47.0 Å². The van der Waals surface area contributed by atoms with Crippen molar-refractivity contribution in [3.63, 3.8) is 0 Å². The number of rotatable bonds is 15. The largest absolute Gasteiger partial charge is 0.481 e. The van der Waals surface area contributed by atoms with E-state index >= 15 is 0 Å². The minimum absolute atomic E-state index is 0.0850. The van der Waals surface area contributed by atoms with Gasteiger partial charge in [0.05, 0.1) is 19.0 Å². The molecular weight excluding hydrogens is 526 g/mol. The number of nitrogens with one attached hydrogen (secondary N) is 5. The number of H-pyrrole nitrogens is 2. The third-order valence-electron chi connectivity index (χ3n) is 6.14. The molecule has 0 spiro atoms. The Hall–Kier alpha value is -4.76. The lowest BCUT2D eigenvalue weighted by atomic mass is 10.0. The zero-order chi connectivity index (χ0) is 29.2. The number of nitrogens with zero attached hydrogens (tertiary/aromatic N) is 1. The van der Waals surface area contributed by atoms with E-state index in [9.17, 15) is 34.2 Å². The van der Waals surface area contributed by atoms with Crippen molar-refractivity contribution in [3.8, 4) is 0 Å². The molecule has 4 unspecified atom stereocenters. The molecule has 10 N–H and O–H groups in total. The molecule has 0 saturated heterocycles. The zero-order valence-corrected chi connectivity index (χ0v) is 21.3. The van der Waals surface area contributed by atoms with Gasteiger partial charge in [0, 0.05) is 48.3 Å². The van der Waals surface area contributed by atoms with E-state index in [4.69, 9.17) is 10.8 Å². The summed E-state index contributed by atoms with van der Waals surface area (Å²) < 4.78 is 0. The number of nitrogens with two attached hydrogens (primary N) is 1. The number of carbonyl (C=O) groups is 5. The third kappa shape index (κ3) is 8.12. The minimum atomic E-state index is -1.53. The maximum Gasteiger partial charge on any atom is 0.326 e. The summed E-state index contributed by atoms with van der Waals surface area (Å²) in [6.07, 6.45) is 3.65. The predicted octanol–water partition coefficient (Wildman–Crippen LogP) is -1.60. The van der Waals surface area contributed by atoms with Crippen LogP contribution in [0.3, 0.4) is 0 Å². The van der Waals surface area contributed by atoms with Gasteiger partial charge in [-0.25, -0.2) is 9.78 Å². The summed E-state index contributed by atoms with van der Waals surface area (Å²) in [4.78, 5) is 71.1. The van der Waals surface area contributed by atoms with Crippen molar-refractivity contribution >= 4 is 40.6 Å². The number of aromatic nitrogens is 3. The molecule has 3 aromatic rings. The first-order valence-electron chi connectivity index (χ1n) is 12.3. The molecule has 0 bridgehead atoms. The summed E-state index contributed by atoms with van der Waals surface area (Å²) in [6, 6.07) is 1.77. The molecule has 40 heavy (non-hydrogen) atoms. The van der Waals surface area contributed by atoms with E-state index in [0.29, 0.717) is 11.3 Å². The van der Waals surface area contributed by atoms with Crippen LogP contribution >= 0.6 is 0 Å². The van der Waals surface area contributed by atoms with Crippen molar-refractivity contribution in [1.29, 1.82) is 0 Å². The maximum atomic E-state index is 13.2. The molecule has 0 aliphatic carbocycles. The van der Waals surface area contributed by atoms with Crippen LogP contribution in [0.25, 0.3) is 10.9 Å². The van der Waals surface area contributed by atoms with Crippen LogP contribution < -0.4 is 21.7 Å². The number of hydrogen-bond acceptors (Lipinski definition) is 8. The number of hydrogen-bond donors (Lipinski definition) is 9. The van der Waals surface area contributed by atoms with Crippen molar-refractivity contribution in [2.75, 3.05) is 6.61 Å². The fourth-order valence-corrected chi connectivity index (χ4v) is 4.00. The SMILES string of the molecule is NC(Cc1cnc[nH]1)C(=O)NC(CO)C(=O)NC(Cc1c[nH]c2ccccc12)C(=O)NC(CCC(=O)O)C(=O)O. The van der Waals surface area contributed by atoms with Crippen LogP contribution in [0.4, 0.5) is 0 Å². The fraction of sp³-hybridized carbons (Fsp3) is 0.360. The van der Waals surface area contributed by atoms with E-state index in [1.807, 2.05) is 6.07 Å². The molecule has 15 heteroatoms. The number of benzene rings is 1. The summed E-state index contributed by atoms with van der Waals surface area (Å²) in [5.74, 6) is -5.23. The number of aliphatic hydroxyl groups is 1. The average Bonchev–Trinajstić information content (AvgIpc) is 3.58. The van der Waals surface area contributed by atoms with E-state index in [1.54, 1.807) is 24.4 Å². The van der Waals surface area contributed by atoms with Crippen molar-refractivity contribution in [2.24, 2.45) is 5.73 Å². The van der Waals surface area contributed by atoms with Gasteiger partial charge in [-0.1, -0.05) is 18.2 Å². The number of aromatic amines is 2. The van der Waals surface area contributed by atoms with Crippen LogP contribution in [0, 0.1) is 0 Å². The van der Waals surface area contributed by atoms with Gasteiger partial charge in [0.1, 0.15) is 18.1 Å². The van der Waals surface area contributed by atoms with Crippen LogP contribution in [-0.2, 0) is 36.8 Å². The normalized spacial score (nSPS) is 14.1. The van der Waals surface area contributed by atoms with Crippen molar-refractivity contribution in [3.05, 3.63) is 54.2 Å². The maximum absolute atomic E-state index is 13.2. The molecule has 0 aliphatic heterocycles. The van der Waals surface area contributed by atoms with Gasteiger partial charge in [-0.05, 0) is 18.1 Å². The van der Waals surface area contributed by atoms with Crippen molar-refractivity contribution < 1.29 is 39.3 Å². The second kappa shape index (κ2) is 13.9. The highest BCUT2D eigenvalue weighted by atomic mass is 16.4. The lowest BCUT2D eigenvalue weighted by Crippen LogP contribution is -2.58. The topological polar surface area (TPSA) is 253 Å². The van der Waals surface area contributed by atoms with Gasteiger partial charge in [0.25, 0.3) is 0 Å². The summed E-state index contributed by atoms with van der Waals surface area (Å²) in [5.41, 5.74) is 7.87. The number of imidazole rings is 1. The Bertz CT molecular complexity index is 1340. The molecule has 0 saturated carbocycles. The Kier molecular flexibility index (Phi) is 10.3. The van der Waals surface area contributed by atoms with Crippen molar-refractivity contribution in [2.45, 2.75) is 49.9 Å². The number of carbonyl (C=O) groups excluding carboxylic acids is 3. The zero-order valence-electron chi connectivity index (χ0n) is 21.3. The molecule has 0 aliphatic rings. The number of carboxylic acid groups (broad SMARTS) is 2. The highest BCUT2D eigenvalue weighted by Crippen LogP contribution is 2.19. The Morgan fingerprint density at radius 2 is 1.57 bits per heavy atom. The standard InChI is InChI=1S/C25H31N7O8/c26-16(8-14-10-27-12-29-14)22(36)32-20(11-33)24(38)31-19(7-13-9-28-17-4-2-1-3-15(13)17)23(37)30-18(25(39)40)5-6-21(34)35/h1-4,9-10,12,16,18-20,28,33H,5-8,11,26H2,(H,27,29)(H,30,37)(H,31,38)(H,32,36)(H,34,35)(H,39,40). The quantitative estimate of drug-likeness (QED) is 0.103. The number of aliphatic hydroxyl groups excluding tert-OH is 1. The minimum Gasteiger partial charge on any atom is -0.481 e. The lowest BCUT2D eigenvalue weighted by Gasteiger charge is -2.24. The first-order valence-corrected chi connectivity index (χ1v) is 12.3. The van der Waals surface area contributed by atoms with E-state index < -0.39 is 66.9 Å². The molecule has 4 atom stereocenters. The Balaban J connectivity index is 1.76. The first kappa shape index (κ1) is 29.8. The first-order chi connectivity index (χ1) is 19.1. The van der Waals surface area contributed by atoms with Gasteiger partial charge in [0.15, 0.2) is 0 Å². The number of para-hydroxylation sites is 1. The number of fused-ring (bicyclic) bond motifs is 1. The predicted molar refractivity (Wildman–Crippen MR) is 140 cm³/mol. The van der Waals surface area contributed by atoms with Gasteiger partial charge in [0.2, 0.25) is 17.7 Å². The molecular formula is C25H31N7O8. The number of aliphatic carboxylic acids is 2. The molecule has 0 fully saturated rings. The van der Waals surface area contributed by atoms with Crippen LogP contribution in [0.2, 0.25) is 0 Å². The second-order valence-corrected chi connectivity index (χ2v) is 9.09. The summed E-state index contributed by atoms with van der Waals surface area (Å²) in [5, 5.41) is 36.0. The summed E-state index contributed by atoms with van der Waals surface area (Å²) in [7, 11) is 0.